The van der Waals surface area contributed by atoms with E-state index in [0.717, 1.165) is 16.3 Å². The van der Waals surface area contributed by atoms with Crippen LogP contribution in [0, 0.1) is 17.9 Å². The predicted octanol–water partition coefficient (Wildman–Crippen LogP) is 4.38. The van der Waals surface area contributed by atoms with Gasteiger partial charge in [-0.3, -0.25) is 4.79 Å². The average molecular weight is 446 g/mol. The number of rotatable bonds is 3. The van der Waals surface area contributed by atoms with Crippen LogP contribution in [0.3, 0.4) is 0 Å². The number of carboxylic acids is 1. The van der Waals surface area contributed by atoms with Crippen molar-refractivity contribution in [2.24, 2.45) is 7.05 Å². The molecule has 2 aromatic carbocycles. The predicted molar refractivity (Wildman–Crippen MR) is 109 cm³/mol. The monoisotopic (exact) mass is 446 g/mol. The fourth-order valence-corrected chi connectivity index (χ4v) is 4.41. The van der Waals surface area contributed by atoms with E-state index < -0.39 is 51.1 Å². The smallest absolute Gasteiger partial charge is 0.420 e. The molecule has 3 aromatic rings. The summed E-state index contributed by atoms with van der Waals surface area (Å²) in [5.74, 6) is -2.69. The van der Waals surface area contributed by atoms with E-state index in [0.29, 0.717) is 18.9 Å². The lowest BCUT2D eigenvalue weighted by Gasteiger charge is -2.35. The van der Waals surface area contributed by atoms with Crippen molar-refractivity contribution in [1.82, 2.24) is 4.57 Å². The molecule has 1 fully saturated rings. The zero-order chi connectivity index (χ0) is 23.2. The number of aryl methyl sites for hydroxylation is 1. The van der Waals surface area contributed by atoms with E-state index in [9.17, 15) is 27.9 Å². The number of nitrogens with zero attached hydrogens (tertiary/aromatic N) is 2. The molecule has 1 N–H and O–H groups in total. The molecule has 9 heteroatoms. The van der Waals surface area contributed by atoms with E-state index in [-0.39, 0.29) is 19.0 Å². The fourth-order valence-electron chi connectivity index (χ4n) is 4.41. The van der Waals surface area contributed by atoms with Gasteiger partial charge >= 0.3 is 12.1 Å². The number of alkyl halides is 3. The van der Waals surface area contributed by atoms with Crippen molar-refractivity contribution >= 4 is 22.6 Å². The van der Waals surface area contributed by atoms with E-state index in [1.807, 2.05) is 6.07 Å². The summed E-state index contributed by atoms with van der Waals surface area (Å²) >= 11 is 0. The molecule has 2 heterocycles. The Morgan fingerprint density at radius 2 is 1.91 bits per heavy atom. The number of aromatic nitrogens is 1. The minimum Gasteiger partial charge on any atom is -0.477 e. The number of anilines is 1. The summed E-state index contributed by atoms with van der Waals surface area (Å²) in [6.07, 6.45) is -3.10. The van der Waals surface area contributed by atoms with E-state index in [1.165, 1.54) is 11.9 Å². The summed E-state index contributed by atoms with van der Waals surface area (Å²) in [5.41, 5.74) is -3.31. The van der Waals surface area contributed by atoms with Crippen LogP contribution < -0.4 is 10.3 Å². The normalized spacial score (nSPS) is 15.1. The molecule has 1 aliphatic heterocycles. The van der Waals surface area contributed by atoms with Gasteiger partial charge in [0, 0.05) is 26.3 Å². The molecule has 32 heavy (non-hydrogen) atoms. The van der Waals surface area contributed by atoms with Crippen LogP contribution in [0.2, 0.25) is 0 Å². The van der Waals surface area contributed by atoms with Crippen molar-refractivity contribution < 1.29 is 27.5 Å². The summed E-state index contributed by atoms with van der Waals surface area (Å²) in [5, 5.41) is 8.56. The number of benzene rings is 1. The van der Waals surface area contributed by atoms with Crippen molar-refractivity contribution in [3.63, 3.8) is 0 Å². The number of piperidine rings is 1. The molecule has 0 radical (unpaired) electrons. The number of fused-ring (bicyclic) bond motifs is 1. The number of hydrogen-bond donors (Lipinski definition) is 1. The topological polar surface area (TPSA) is 62.5 Å². The largest absolute Gasteiger partial charge is 0.477 e. The van der Waals surface area contributed by atoms with Gasteiger partial charge in [0.25, 0.3) is 0 Å². The van der Waals surface area contributed by atoms with Gasteiger partial charge in [0.1, 0.15) is 16.9 Å². The van der Waals surface area contributed by atoms with Crippen LogP contribution in [-0.4, -0.2) is 28.7 Å². The lowest BCUT2D eigenvalue weighted by atomic mass is 9.89. The Hall–Kier alpha value is -3.54. The highest BCUT2D eigenvalue weighted by atomic mass is 19.4. The van der Waals surface area contributed by atoms with Crippen LogP contribution in [0.25, 0.3) is 10.9 Å². The highest BCUT2D eigenvalue weighted by Crippen LogP contribution is 2.44. The Morgan fingerprint density at radius 3 is 2.47 bits per heavy atom. The Kier molecular flexibility index (Phi) is 5.33. The van der Waals surface area contributed by atoms with Gasteiger partial charge in [-0.25, -0.2) is 9.18 Å². The molecule has 0 unspecified atom stereocenters. The van der Waals surface area contributed by atoms with Gasteiger partial charge in [0.05, 0.1) is 16.6 Å². The lowest BCUT2D eigenvalue weighted by Crippen LogP contribution is -2.35. The van der Waals surface area contributed by atoms with Gasteiger partial charge in [0.2, 0.25) is 5.43 Å². The van der Waals surface area contributed by atoms with Crippen LogP contribution in [0.1, 0.15) is 40.2 Å². The standard InChI is InChI=1S/C23H18F4N2O3/c1-28-12-16(22(31)32)21(30)15-11-17(24)20(18(19(15)28)23(25,26)27)29-9-7-14(8-10-29)13-5-3-2-4-6-13/h3,5-6,11-12,14H,7-10H2,1H3,(H,31,32). The summed E-state index contributed by atoms with van der Waals surface area (Å²) in [4.78, 5) is 25.1. The second-order valence-corrected chi connectivity index (χ2v) is 7.79. The van der Waals surface area contributed by atoms with Crippen molar-refractivity contribution in [2.45, 2.75) is 24.9 Å². The van der Waals surface area contributed by atoms with Crippen LogP contribution in [-0.2, 0) is 13.2 Å². The van der Waals surface area contributed by atoms with Gasteiger partial charge in [-0.05, 0) is 48.6 Å². The quantitative estimate of drug-likeness (QED) is 0.607. The first-order valence-electron chi connectivity index (χ1n) is 9.88. The molecular weight excluding hydrogens is 428 g/mol. The summed E-state index contributed by atoms with van der Waals surface area (Å²) in [7, 11) is 1.21. The minimum absolute atomic E-state index is 0.109. The second-order valence-electron chi connectivity index (χ2n) is 7.79. The van der Waals surface area contributed by atoms with Crippen molar-refractivity contribution in [3.05, 3.63) is 75.3 Å². The number of aromatic carboxylic acids is 1. The van der Waals surface area contributed by atoms with Crippen molar-refractivity contribution in [1.29, 1.82) is 0 Å². The molecule has 5 nitrogen and oxygen atoms in total. The molecule has 0 saturated carbocycles. The van der Waals surface area contributed by atoms with Gasteiger partial charge in [-0.15, -0.1) is 0 Å². The number of halogens is 4. The number of pyridine rings is 1. The Bertz CT molecular complexity index is 1240. The third kappa shape index (κ3) is 3.66. The SMILES string of the molecule is Cn1cc(C(=O)O)c(=O)c2cc(F)c(N3CCC(c4cc#ccc4)CC3)c(C(F)(F)F)c21. The molecule has 1 saturated heterocycles. The first-order valence-corrected chi connectivity index (χ1v) is 9.88. The van der Waals surface area contributed by atoms with Gasteiger partial charge in [0.15, 0.2) is 0 Å². The summed E-state index contributed by atoms with van der Waals surface area (Å²) < 4.78 is 58.6. The molecular formula is C23H18F4N2O3. The number of carboxylic acid groups (broad SMARTS) is 1. The zero-order valence-electron chi connectivity index (χ0n) is 17.0. The Balaban J connectivity index is 1.84. The Labute approximate surface area is 180 Å². The van der Waals surface area contributed by atoms with Gasteiger partial charge in [-0.2, -0.15) is 13.2 Å². The van der Waals surface area contributed by atoms with Crippen LogP contribution in [0.15, 0.2) is 35.3 Å². The molecule has 0 aliphatic carbocycles. The highest BCUT2D eigenvalue weighted by molar-refractivity contribution is 5.95. The van der Waals surface area contributed by atoms with Crippen LogP contribution in [0.4, 0.5) is 23.2 Å². The maximum Gasteiger partial charge on any atom is 0.420 e. The first kappa shape index (κ1) is 21.7. The highest BCUT2D eigenvalue weighted by Gasteiger charge is 2.41. The van der Waals surface area contributed by atoms with Crippen LogP contribution >= 0.6 is 0 Å². The Morgan fingerprint density at radius 1 is 1.22 bits per heavy atom. The lowest BCUT2D eigenvalue weighted by molar-refractivity contribution is -0.136. The maximum atomic E-state index is 15.1. The average Bonchev–Trinajstić information content (AvgIpc) is 2.75. The fraction of sp³-hybridized carbons (Fsp3) is 0.304. The maximum absolute atomic E-state index is 15.1. The third-order valence-corrected chi connectivity index (χ3v) is 5.87. The van der Waals surface area contributed by atoms with E-state index in [4.69, 9.17) is 0 Å². The summed E-state index contributed by atoms with van der Waals surface area (Å²) in [6, 6.07) is 11.8. The van der Waals surface area contributed by atoms with Gasteiger partial charge < -0.3 is 14.6 Å². The van der Waals surface area contributed by atoms with Crippen molar-refractivity contribution in [2.75, 3.05) is 18.0 Å². The van der Waals surface area contributed by atoms with Crippen molar-refractivity contribution in [3.8, 4) is 0 Å². The number of carbonyl (C=O) groups is 1. The zero-order valence-corrected chi connectivity index (χ0v) is 17.0. The van der Waals surface area contributed by atoms with Gasteiger partial charge in [-0.1, -0.05) is 12.1 Å². The minimum atomic E-state index is -4.97. The van der Waals surface area contributed by atoms with Crippen LogP contribution in [0.5, 0.6) is 0 Å². The molecule has 1 aromatic heterocycles. The molecule has 0 spiro atoms. The molecule has 0 bridgehead atoms. The summed E-state index contributed by atoms with van der Waals surface area (Å²) in [6.45, 7) is 0.381. The third-order valence-electron chi connectivity index (χ3n) is 5.87. The molecule has 0 atom stereocenters. The van der Waals surface area contributed by atoms with E-state index >= 15 is 4.39 Å². The first-order chi connectivity index (χ1) is 15.1. The number of hydrogen-bond acceptors (Lipinski definition) is 3. The molecule has 166 valence electrons. The second kappa shape index (κ2) is 7.86. The molecule has 0 amide bonds. The molecule has 4 rings (SSSR count). The molecule has 1 aliphatic rings. The van der Waals surface area contributed by atoms with E-state index in [1.54, 1.807) is 12.1 Å². The van der Waals surface area contributed by atoms with E-state index in [2.05, 4.69) is 12.1 Å².